The summed E-state index contributed by atoms with van der Waals surface area (Å²) >= 11 is 6.16. The number of nitrogens with two attached hydrogens (primary N) is 1. The molecule has 2 N–H and O–H groups in total. The van der Waals surface area contributed by atoms with Gasteiger partial charge in [0.25, 0.3) is 5.89 Å². The zero-order valence-corrected chi connectivity index (χ0v) is 13.5. The summed E-state index contributed by atoms with van der Waals surface area (Å²) in [6.07, 6.45) is 2.87. The minimum absolute atomic E-state index is 0. The third kappa shape index (κ3) is 2.12. The largest absolute Gasteiger partial charge is 0.449 e. The van der Waals surface area contributed by atoms with Crippen molar-refractivity contribution < 1.29 is 8.94 Å². The first kappa shape index (κ1) is 15.3. The van der Waals surface area contributed by atoms with Gasteiger partial charge >= 0.3 is 0 Å². The van der Waals surface area contributed by atoms with Gasteiger partial charge in [0.1, 0.15) is 0 Å². The number of halogens is 2. The molecule has 4 rings (SSSR count). The van der Waals surface area contributed by atoms with Gasteiger partial charge in [-0.1, -0.05) is 28.9 Å². The van der Waals surface area contributed by atoms with Crippen molar-refractivity contribution in [2.45, 2.75) is 31.7 Å². The molecular formula is C15H15Cl2N3O2. The third-order valence-corrected chi connectivity index (χ3v) is 4.52. The Morgan fingerprint density at radius 3 is 2.73 bits per heavy atom. The van der Waals surface area contributed by atoms with Crippen LogP contribution in [0.4, 0.5) is 0 Å². The predicted octanol–water partition coefficient (Wildman–Crippen LogP) is 4.20. The Morgan fingerprint density at radius 1 is 1.32 bits per heavy atom. The van der Waals surface area contributed by atoms with E-state index in [0.29, 0.717) is 28.1 Å². The van der Waals surface area contributed by atoms with Crippen LogP contribution in [-0.4, -0.2) is 10.1 Å². The fraction of sp³-hybridized carbons (Fsp3) is 0.333. The molecule has 1 saturated carbocycles. The fourth-order valence-electron chi connectivity index (χ4n) is 2.71. The minimum Gasteiger partial charge on any atom is -0.449 e. The van der Waals surface area contributed by atoms with E-state index in [1.165, 1.54) is 0 Å². The highest BCUT2D eigenvalue weighted by atomic mass is 35.5. The van der Waals surface area contributed by atoms with Crippen molar-refractivity contribution in [2.75, 3.05) is 0 Å². The summed E-state index contributed by atoms with van der Waals surface area (Å²) < 4.78 is 11.2. The van der Waals surface area contributed by atoms with Gasteiger partial charge in [-0.05, 0) is 32.3 Å². The molecule has 3 aromatic rings. The van der Waals surface area contributed by atoms with E-state index in [1.54, 1.807) is 6.07 Å². The average Bonchev–Trinajstić information content (AvgIpc) is 3.03. The Labute approximate surface area is 138 Å². The molecule has 0 spiro atoms. The molecule has 2 aromatic heterocycles. The SMILES string of the molecule is Cc1c(-c2nc(C3(N)CCC3)no2)oc2c(Cl)cccc12.Cl. The smallest absolute Gasteiger partial charge is 0.294 e. The second-order valence-electron chi connectivity index (χ2n) is 5.61. The first-order valence-corrected chi connectivity index (χ1v) is 7.27. The maximum Gasteiger partial charge on any atom is 0.294 e. The highest BCUT2D eigenvalue weighted by molar-refractivity contribution is 6.35. The quantitative estimate of drug-likeness (QED) is 0.756. The van der Waals surface area contributed by atoms with Crippen molar-refractivity contribution in [3.8, 4) is 11.7 Å². The number of aromatic nitrogens is 2. The predicted molar refractivity (Wildman–Crippen MR) is 86.2 cm³/mol. The highest BCUT2D eigenvalue weighted by Crippen LogP contribution is 2.39. The second kappa shape index (κ2) is 5.26. The standard InChI is InChI=1S/C15H14ClN3O2.ClH/c1-8-9-4-2-5-10(16)12(9)20-11(8)13-18-14(19-21-13)15(17)6-3-7-15;/h2,4-5H,3,6-7,17H2,1H3;1H. The Morgan fingerprint density at radius 2 is 2.09 bits per heavy atom. The van der Waals surface area contributed by atoms with E-state index < -0.39 is 5.54 Å². The Kier molecular flexibility index (Phi) is 3.67. The zero-order chi connectivity index (χ0) is 14.6. The topological polar surface area (TPSA) is 78.1 Å². The van der Waals surface area contributed by atoms with E-state index in [2.05, 4.69) is 10.1 Å². The molecule has 0 saturated heterocycles. The molecule has 22 heavy (non-hydrogen) atoms. The van der Waals surface area contributed by atoms with E-state index in [4.69, 9.17) is 26.3 Å². The van der Waals surface area contributed by atoms with Crippen LogP contribution in [-0.2, 0) is 5.54 Å². The van der Waals surface area contributed by atoms with Crippen molar-refractivity contribution >= 4 is 35.0 Å². The molecule has 0 bridgehead atoms. The van der Waals surface area contributed by atoms with Crippen molar-refractivity contribution in [3.63, 3.8) is 0 Å². The van der Waals surface area contributed by atoms with E-state index in [1.807, 2.05) is 19.1 Å². The number of aryl methyl sites for hydroxylation is 1. The fourth-order valence-corrected chi connectivity index (χ4v) is 2.93. The molecule has 0 aliphatic heterocycles. The van der Waals surface area contributed by atoms with Crippen molar-refractivity contribution in [1.82, 2.24) is 10.1 Å². The molecule has 1 fully saturated rings. The summed E-state index contributed by atoms with van der Waals surface area (Å²) in [7, 11) is 0. The van der Waals surface area contributed by atoms with E-state index in [9.17, 15) is 0 Å². The summed E-state index contributed by atoms with van der Waals surface area (Å²) in [6.45, 7) is 1.95. The Balaban J connectivity index is 0.00000144. The van der Waals surface area contributed by atoms with Gasteiger partial charge in [-0.15, -0.1) is 12.4 Å². The lowest BCUT2D eigenvalue weighted by atomic mass is 9.77. The number of hydrogen-bond acceptors (Lipinski definition) is 5. The Hall–Kier alpha value is -1.56. The molecule has 0 amide bonds. The average molecular weight is 340 g/mol. The van der Waals surface area contributed by atoms with Crippen LogP contribution in [0.15, 0.2) is 27.1 Å². The van der Waals surface area contributed by atoms with Crippen molar-refractivity contribution in [1.29, 1.82) is 0 Å². The first-order chi connectivity index (χ1) is 10.1. The lowest BCUT2D eigenvalue weighted by Gasteiger charge is -2.34. The van der Waals surface area contributed by atoms with Gasteiger partial charge in [0.2, 0.25) is 0 Å². The maximum absolute atomic E-state index is 6.22. The van der Waals surface area contributed by atoms with Gasteiger partial charge < -0.3 is 14.7 Å². The molecule has 116 valence electrons. The summed E-state index contributed by atoms with van der Waals surface area (Å²) in [6, 6.07) is 5.63. The van der Waals surface area contributed by atoms with Gasteiger partial charge in [0.05, 0.1) is 10.6 Å². The number of fused-ring (bicyclic) bond motifs is 1. The summed E-state index contributed by atoms with van der Waals surface area (Å²) in [5.74, 6) is 1.46. The van der Waals surface area contributed by atoms with Gasteiger partial charge in [-0.3, -0.25) is 0 Å². The van der Waals surface area contributed by atoms with Crippen LogP contribution in [0.25, 0.3) is 22.6 Å². The molecule has 0 atom stereocenters. The van der Waals surface area contributed by atoms with Crippen LogP contribution in [0.1, 0.15) is 30.7 Å². The zero-order valence-electron chi connectivity index (χ0n) is 11.9. The van der Waals surface area contributed by atoms with E-state index in [0.717, 1.165) is 30.2 Å². The van der Waals surface area contributed by atoms with Crippen LogP contribution in [0.3, 0.4) is 0 Å². The van der Waals surface area contributed by atoms with Crippen molar-refractivity contribution in [3.05, 3.63) is 34.6 Å². The summed E-state index contributed by atoms with van der Waals surface area (Å²) in [4.78, 5) is 4.42. The van der Waals surface area contributed by atoms with Crippen LogP contribution in [0, 0.1) is 6.92 Å². The number of hydrogen-bond donors (Lipinski definition) is 1. The highest BCUT2D eigenvalue weighted by Gasteiger charge is 2.39. The summed E-state index contributed by atoms with van der Waals surface area (Å²) in [5, 5.41) is 5.53. The lowest BCUT2D eigenvalue weighted by Crippen LogP contribution is -2.44. The van der Waals surface area contributed by atoms with Crippen molar-refractivity contribution in [2.24, 2.45) is 5.73 Å². The monoisotopic (exact) mass is 339 g/mol. The maximum atomic E-state index is 6.22. The lowest BCUT2D eigenvalue weighted by molar-refractivity contribution is 0.229. The molecule has 2 heterocycles. The second-order valence-corrected chi connectivity index (χ2v) is 6.01. The van der Waals surface area contributed by atoms with Crippen LogP contribution < -0.4 is 5.73 Å². The van der Waals surface area contributed by atoms with E-state index >= 15 is 0 Å². The third-order valence-electron chi connectivity index (χ3n) is 4.23. The molecule has 7 heteroatoms. The number of benzene rings is 1. The van der Waals surface area contributed by atoms with Gasteiger partial charge in [-0.25, -0.2) is 0 Å². The molecule has 1 aliphatic rings. The molecule has 0 unspecified atom stereocenters. The number of nitrogens with zero attached hydrogens (tertiary/aromatic N) is 2. The van der Waals surface area contributed by atoms with Crippen LogP contribution in [0.2, 0.25) is 5.02 Å². The van der Waals surface area contributed by atoms with E-state index in [-0.39, 0.29) is 12.4 Å². The molecule has 5 nitrogen and oxygen atoms in total. The van der Waals surface area contributed by atoms with Crippen LogP contribution >= 0.6 is 24.0 Å². The van der Waals surface area contributed by atoms with Gasteiger partial charge in [0.15, 0.2) is 17.2 Å². The summed E-state index contributed by atoms with van der Waals surface area (Å²) in [5.41, 5.74) is 7.34. The van der Waals surface area contributed by atoms with Gasteiger partial charge in [-0.2, -0.15) is 4.98 Å². The number of rotatable bonds is 2. The Bertz CT molecular complexity index is 837. The van der Waals surface area contributed by atoms with Crippen LogP contribution in [0.5, 0.6) is 0 Å². The number of para-hydroxylation sites is 1. The molecule has 1 aliphatic carbocycles. The van der Waals surface area contributed by atoms with Gasteiger partial charge in [0, 0.05) is 10.9 Å². The normalized spacial score (nSPS) is 16.3. The molecule has 0 radical (unpaired) electrons. The first-order valence-electron chi connectivity index (χ1n) is 6.89. The molecule has 1 aromatic carbocycles. The molecular weight excluding hydrogens is 325 g/mol. The number of furan rings is 1. The minimum atomic E-state index is -0.445.